The Bertz CT molecular complexity index is 470. The zero-order valence-corrected chi connectivity index (χ0v) is 14.4. The molecule has 112 valence electrons. The van der Waals surface area contributed by atoms with Crippen molar-refractivity contribution in [2.45, 2.75) is 51.7 Å². The molecule has 2 atom stereocenters. The second-order valence-corrected chi connectivity index (χ2v) is 12.6. The number of anilines is 2. The molecule has 0 amide bonds. The normalized spacial score (nSPS) is 21.2. The van der Waals surface area contributed by atoms with E-state index < -0.39 is 8.07 Å². The SMILES string of the molecule is Cc1cc(N2CCC(OC(C)[Si](C)(C)C)C2)ccc1N. The zero-order valence-electron chi connectivity index (χ0n) is 13.4. The van der Waals surface area contributed by atoms with Gasteiger partial charge in [0.05, 0.1) is 14.2 Å². The summed E-state index contributed by atoms with van der Waals surface area (Å²) in [5.74, 6) is 0. The minimum Gasteiger partial charge on any atom is -0.399 e. The van der Waals surface area contributed by atoms with Crippen molar-refractivity contribution in [1.82, 2.24) is 0 Å². The van der Waals surface area contributed by atoms with Gasteiger partial charge in [-0.25, -0.2) is 0 Å². The van der Waals surface area contributed by atoms with E-state index in [1.54, 1.807) is 0 Å². The Morgan fingerprint density at radius 1 is 1.35 bits per heavy atom. The van der Waals surface area contributed by atoms with E-state index in [4.69, 9.17) is 10.5 Å². The van der Waals surface area contributed by atoms with Crippen LogP contribution in [0.5, 0.6) is 0 Å². The molecule has 1 aliphatic heterocycles. The number of benzene rings is 1. The number of nitrogens with zero attached hydrogens (tertiary/aromatic N) is 1. The van der Waals surface area contributed by atoms with Gasteiger partial charge < -0.3 is 15.4 Å². The molecule has 0 aliphatic carbocycles. The van der Waals surface area contributed by atoms with Gasteiger partial charge in [-0.1, -0.05) is 19.6 Å². The Kier molecular flexibility index (Phi) is 4.45. The van der Waals surface area contributed by atoms with Crippen molar-refractivity contribution in [3.8, 4) is 0 Å². The van der Waals surface area contributed by atoms with Crippen LogP contribution in [0, 0.1) is 6.92 Å². The highest BCUT2D eigenvalue weighted by molar-refractivity contribution is 6.77. The van der Waals surface area contributed by atoms with Crippen LogP contribution in [0.15, 0.2) is 18.2 Å². The van der Waals surface area contributed by atoms with Crippen LogP contribution in [0.25, 0.3) is 0 Å². The third-order valence-corrected chi connectivity index (χ3v) is 6.95. The summed E-state index contributed by atoms with van der Waals surface area (Å²) in [6.45, 7) is 13.5. The molecule has 3 nitrogen and oxygen atoms in total. The minimum atomic E-state index is -1.20. The van der Waals surface area contributed by atoms with Crippen LogP contribution in [0.4, 0.5) is 11.4 Å². The number of aryl methyl sites for hydroxylation is 1. The van der Waals surface area contributed by atoms with Gasteiger partial charge in [0.2, 0.25) is 0 Å². The number of ether oxygens (including phenoxy) is 1. The molecular formula is C16H28N2OSi. The maximum absolute atomic E-state index is 6.28. The molecule has 2 N–H and O–H groups in total. The third-order valence-electron chi connectivity index (χ3n) is 4.38. The lowest BCUT2D eigenvalue weighted by Crippen LogP contribution is -2.41. The van der Waals surface area contributed by atoms with Gasteiger partial charge in [0.25, 0.3) is 0 Å². The predicted octanol–water partition coefficient (Wildman–Crippen LogP) is 3.44. The van der Waals surface area contributed by atoms with Crippen LogP contribution in [-0.2, 0) is 4.74 Å². The van der Waals surface area contributed by atoms with Crippen LogP contribution in [0.3, 0.4) is 0 Å². The number of rotatable bonds is 4. The van der Waals surface area contributed by atoms with Gasteiger partial charge >= 0.3 is 0 Å². The summed E-state index contributed by atoms with van der Waals surface area (Å²) in [4.78, 5) is 2.41. The Labute approximate surface area is 124 Å². The Morgan fingerprint density at radius 2 is 2.05 bits per heavy atom. The standard InChI is InChI=1S/C16H28N2OSi/c1-12-10-14(6-7-16(12)17)18-9-8-15(11-18)19-13(2)20(3,4)5/h6-7,10,13,15H,8-9,11,17H2,1-5H3. The number of hydrogen-bond donors (Lipinski definition) is 1. The van der Waals surface area contributed by atoms with Gasteiger partial charge in [0.15, 0.2) is 0 Å². The van der Waals surface area contributed by atoms with E-state index in [1.165, 1.54) is 5.69 Å². The smallest absolute Gasteiger partial charge is 0.0781 e. The highest BCUT2D eigenvalue weighted by atomic mass is 28.3. The molecule has 0 bridgehead atoms. The van der Waals surface area contributed by atoms with Crippen LogP contribution in [0.1, 0.15) is 18.9 Å². The van der Waals surface area contributed by atoms with Crippen LogP contribution >= 0.6 is 0 Å². The first-order valence-corrected chi connectivity index (χ1v) is 11.1. The summed E-state index contributed by atoms with van der Waals surface area (Å²) in [5, 5.41) is 0. The lowest BCUT2D eigenvalue weighted by molar-refractivity contribution is 0.0482. The van der Waals surface area contributed by atoms with E-state index in [2.05, 4.69) is 50.5 Å². The lowest BCUT2D eigenvalue weighted by atomic mass is 10.2. The van der Waals surface area contributed by atoms with E-state index in [-0.39, 0.29) is 0 Å². The molecule has 0 spiro atoms. The van der Waals surface area contributed by atoms with Gasteiger partial charge in [-0.2, -0.15) is 0 Å². The van der Waals surface area contributed by atoms with Gasteiger partial charge in [-0.3, -0.25) is 0 Å². The van der Waals surface area contributed by atoms with E-state index in [1.807, 2.05) is 6.07 Å². The molecular weight excluding hydrogens is 264 g/mol. The van der Waals surface area contributed by atoms with Crippen LogP contribution in [-0.4, -0.2) is 33.0 Å². The molecule has 2 rings (SSSR count). The summed E-state index contributed by atoms with van der Waals surface area (Å²) in [6, 6.07) is 6.30. The van der Waals surface area contributed by atoms with Crippen molar-refractivity contribution in [2.75, 3.05) is 23.7 Å². The molecule has 0 aromatic heterocycles. The average molecular weight is 292 g/mol. The summed E-state index contributed by atoms with van der Waals surface area (Å²) < 4.78 is 6.28. The summed E-state index contributed by atoms with van der Waals surface area (Å²) in [7, 11) is -1.20. The van der Waals surface area contributed by atoms with Crippen molar-refractivity contribution >= 4 is 19.4 Å². The fourth-order valence-electron chi connectivity index (χ4n) is 2.42. The quantitative estimate of drug-likeness (QED) is 0.682. The van der Waals surface area contributed by atoms with Gasteiger partial charge in [0.1, 0.15) is 0 Å². The van der Waals surface area contributed by atoms with Crippen LogP contribution < -0.4 is 10.6 Å². The zero-order chi connectivity index (χ0) is 14.9. The minimum absolute atomic E-state index is 0.370. The maximum Gasteiger partial charge on any atom is 0.0781 e. The third kappa shape index (κ3) is 3.55. The highest BCUT2D eigenvalue weighted by Gasteiger charge is 2.30. The topological polar surface area (TPSA) is 38.5 Å². The average Bonchev–Trinajstić information content (AvgIpc) is 2.80. The second kappa shape index (κ2) is 5.78. The highest BCUT2D eigenvalue weighted by Crippen LogP contribution is 2.26. The first kappa shape index (κ1) is 15.4. The van der Waals surface area contributed by atoms with Gasteiger partial charge in [-0.05, 0) is 44.0 Å². The molecule has 1 aliphatic rings. The summed E-state index contributed by atoms with van der Waals surface area (Å²) in [6.07, 6.45) is 1.49. The monoisotopic (exact) mass is 292 g/mol. The molecule has 1 saturated heterocycles. The Hall–Kier alpha value is -1.00. The lowest BCUT2D eigenvalue weighted by Gasteiger charge is -2.28. The summed E-state index contributed by atoms with van der Waals surface area (Å²) >= 11 is 0. The van der Waals surface area contributed by atoms with E-state index in [9.17, 15) is 0 Å². The molecule has 1 aromatic carbocycles. The largest absolute Gasteiger partial charge is 0.399 e. The predicted molar refractivity (Wildman–Crippen MR) is 90.1 cm³/mol. The first-order chi connectivity index (χ1) is 9.27. The van der Waals surface area contributed by atoms with Gasteiger partial charge in [0, 0.05) is 30.2 Å². The van der Waals surface area contributed by atoms with Crippen molar-refractivity contribution < 1.29 is 4.74 Å². The number of nitrogens with two attached hydrogens (primary N) is 1. The van der Waals surface area contributed by atoms with Crippen molar-refractivity contribution in [2.24, 2.45) is 0 Å². The first-order valence-electron chi connectivity index (χ1n) is 7.54. The van der Waals surface area contributed by atoms with Crippen molar-refractivity contribution in [1.29, 1.82) is 0 Å². The van der Waals surface area contributed by atoms with Crippen molar-refractivity contribution in [3.05, 3.63) is 23.8 Å². The molecule has 4 heteroatoms. The molecule has 2 unspecified atom stereocenters. The number of nitrogen functional groups attached to an aromatic ring is 1. The molecule has 1 aromatic rings. The Balaban J connectivity index is 1.97. The van der Waals surface area contributed by atoms with Crippen LogP contribution in [0.2, 0.25) is 19.6 Å². The Morgan fingerprint density at radius 3 is 2.65 bits per heavy atom. The van der Waals surface area contributed by atoms with E-state index in [0.29, 0.717) is 11.8 Å². The van der Waals surface area contributed by atoms with E-state index >= 15 is 0 Å². The molecule has 20 heavy (non-hydrogen) atoms. The van der Waals surface area contributed by atoms with Crippen molar-refractivity contribution in [3.63, 3.8) is 0 Å². The molecule has 0 saturated carbocycles. The van der Waals surface area contributed by atoms with Gasteiger partial charge in [-0.15, -0.1) is 0 Å². The summed E-state index contributed by atoms with van der Waals surface area (Å²) in [5.41, 5.74) is 9.60. The molecule has 1 heterocycles. The second-order valence-electron chi connectivity index (χ2n) is 7.04. The fourth-order valence-corrected chi connectivity index (χ4v) is 3.02. The molecule has 0 radical (unpaired) electrons. The van der Waals surface area contributed by atoms with E-state index in [0.717, 1.165) is 30.8 Å². The maximum atomic E-state index is 6.28. The molecule has 1 fully saturated rings. The fraction of sp³-hybridized carbons (Fsp3) is 0.625. The number of hydrogen-bond acceptors (Lipinski definition) is 3.